The van der Waals surface area contributed by atoms with Crippen molar-refractivity contribution >= 4 is 33.2 Å². The number of carbonyl (C=O) groups is 1. The Morgan fingerprint density at radius 2 is 2.22 bits per heavy atom. The Morgan fingerprint density at radius 3 is 2.83 bits per heavy atom. The fourth-order valence-corrected chi connectivity index (χ4v) is 2.59. The highest BCUT2D eigenvalue weighted by atomic mass is 79.9. The van der Waals surface area contributed by atoms with Crippen LogP contribution in [-0.2, 0) is 0 Å². The van der Waals surface area contributed by atoms with E-state index in [0.29, 0.717) is 10.3 Å². The van der Waals surface area contributed by atoms with Gasteiger partial charge in [-0.3, -0.25) is 4.79 Å². The van der Waals surface area contributed by atoms with Crippen LogP contribution in [0.15, 0.2) is 28.2 Å². The van der Waals surface area contributed by atoms with E-state index in [1.807, 2.05) is 19.2 Å². The lowest BCUT2D eigenvalue weighted by molar-refractivity contribution is 0.0934. The number of nitrogens with zero attached hydrogens (tertiary/aromatic N) is 2. The van der Waals surface area contributed by atoms with Gasteiger partial charge in [0.2, 0.25) is 0 Å². The van der Waals surface area contributed by atoms with Crippen LogP contribution in [0.4, 0.5) is 0 Å². The molecule has 0 aliphatic rings. The van der Waals surface area contributed by atoms with E-state index in [-0.39, 0.29) is 11.9 Å². The minimum Gasteiger partial charge on any atom is -0.342 e. The standard InChI is InChI=1S/C12H12BrN3OS/c1-7-6-18-12(14-7)8(2)15-11(17)9-4-3-5-10(13)16-9/h3-6,8H,1-2H3,(H,15,17). The zero-order valence-corrected chi connectivity index (χ0v) is 12.4. The van der Waals surface area contributed by atoms with E-state index in [4.69, 9.17) is 0 Å². The average Bonchev–Trinajstić information content (AvgIpc) is 2.76. The van der Waals surface area contributed by atoms with Gasteiger partial charge < -0.3 is 5.32 Å². The number of rotatable bonds is 3. The minimum absolute atomic E-state index is 0.114. The molecule has 0 saturated carbocycles. The summed E-state index contributed by atoms with van der Waals surface area (Å²) >= 11 is 4.79. The van der Waals surface area contributed by atoms with Crippen LogP contribution >= 0.6 is 27.3 Å². The lowest BCUT2D eigenvalue weighted by Crippen LogP contribution is -2.27. The third-order valence-corrected chi connectivity index (χ3v) is 3.89. The molecule has 1 amide bonds. The third kappa shape index (κ3) is 3.14. The molecule has 0 fully saturated rings. The summed E-state index contributed by atoms with van der Waals surface area (Å²) < 4.78 is 0.646. The molecule has 0 spiro atoms. The molecular formula is C12H12BrN3OS. The molecule has 2 rings (SSSR count). The third-order valence-electron chi connectivity index (χ3n) is 2.30. The maximum absolute atomic E-state index is 12.0. The molecule has 2 aromatic heterocycles. The summed E-state index contributed by atoms with van der Waals surface area (Å²) in [5, 5.41) is 5.75. The number of hydrogen-bond donors (Lipinski definition) is 1. The quantitative estimate of drug-likeness (QED) is 0.882. The monoisotopic (exact) mass is 325 g/mol. The Balaban J connectivity index is 2.08. The topological polar surface area (TPSA) is 54.9 Å². The van der Waals surface area contributed by atoms with Crippen LogP contribution in [0.2, 0.25) is 0 Å². The molecule has 0 saturated heterocycles. The lowest BCUT2D eigenvalue weighted by Gasteiger charge is -2.10. The van der Waals surface area contributed by atoms with E-state index in [9.17, 15) is 4.79 Å². The number of thiazole rings is 1. The van der Waals surface area contributed by atoms with Gasteiger partial charge in [-0.2, -0.15) is 0 Å². The molecule has 4 nitrogen and oxygen atoms in total. The molecule has 1 unspecified atom stereocenters. The van der Waals surface area contributed by atoms with E-state index in [0.717, 1.165) is 10.7 Å². The Morgan fingerprint density at radius 1 is 1.44 bits per heavy atom. The predicted octanol–water partition coefficient (Wildman–Crippen LogP) is 3.10. The Labute approximate surface area is 118 Å². The van der Waals surface area contributed by atoms with E-state index >= 15 is 0 Å². The predicted molar refractivity (Wildman–Crippen MR) is 74.7 cm³/mol. The fraction of sp³-hybridized carbons (Fsp3) is 0.250. The van der Waals surface area contributed by atoms with Gasteiger partial charge in [0, 0.05) is 11.1 Å². The number of aromatic nitrogens is 2. The fourth-order valence-electron chi connectivity index (χ4n) is 1.44. The molecule has 0 aliphatic heterocycles. The molecule has 0 aliphatic carbocycles. The first-order chi connectivity index (χ1) is 8.56. The van der Waals surface area contributed by atoms with Gasteiger partial charge in [0.1, 0.15) is 15.3 Å². The van der Waals surface area contributed by atoms with Gasteiger partial charge in [-0.1, -0.05) is 6.07 Å². The molecule has 1 atom stereocenters. The molecule has 0 radical (unpaired) electrons. The maximum Gasteiger partial charge on any atom is 0.270 e. The van der Waals surface area contributed by atoms with Gasteiger partial charge in [0.25, 0.3) is 5.91 Å². The number of nitrogens with one attached hydrogen (secondary N) is 1. The molecule has 2 heterocycles. The van der Waals surface area contributed by atoms with Gasteiger partial charge in [-0.25, -0.2) is 9.97 Å². The zero-order chi connectivity index (χ0) is 13.1. The van der Waals surface area contributed by atoms with Crippen LogP contribution in [0.1, 0.15) is 34.2 Å². The molecular weight excluding hydrogens is 314 g/mol. The van der Waals surface area contributed by atoms with Crippen molar-refractivity contribution in [1.29, 1.82) is 0 Å². The van der Waals surface area contributed by atoms with Crippen LogP contribution in [0.5, 0.6) is 0 Å². The van der Waals surface area contributed by atoms with E-state index in [1.54, 1.807) is 29.5 Å². The summed E-state index contributed by atoms with van der Waals surface area (Å²) in [6, 6.07) is 5.13. The first-order valence-electron chi connectivity index (χ1n) is 5.41. The van der Waals surface area contributed by atoms with Crippen molar-refractivity contribution in [3.63, 3.8) is 0 Å². The second-order valence-corrected chi connectivity index (χ2v) is 5.57. The smallest absolute Gasteiger partial charge is 0.270 e. The lowest BCUT2D eigenvalue weighted by atomic mass is 10.3. The Hall–Kier alpha value is -1.27. The van der Waals surface area contributed by atoms with Crippen LogP contribution < -0.4 is 5.32 Å². The van der Waals surface area contributed by atoms with Crippen LogP contribution in [0.3, 0.4) is 0 Å². The van der Waals surface area contributed by atoms with Crippen molar-refractivity contribution in [2.24, 2.45) is 0 Å². The average molecular weight is 326 g/mol. The van der Waals surface area contributed by atoms with Crippen molar-refractivity contribution in [3.05, 3.63) is 44.6 Å². The highest BCUT2D eigenvalue weighted by Gasteiger charge is 2.14. The normalized spacial score (nSPS) is 12.2. The largest absolute Gasteiger partial charge is 0.342 e. The summed E-state index contributed by atoms with van der Waals surface area (Å²) in [5.41, 5.74) is 1.36. The van der Waals surface area contributed by atoms with E-state index in [1.165, 1.54) is 0 Å². The molecule has 18 heavy (non-hydrogen) atoms. The highest BCUT2D eigenvalue weighted by Crippen LogP contribution is 2.17. The second-order valence-electron chi connectivity index (χ2n) is 3.87. The van der Waals surface area contributed by atoms with Crippen molar-refractivity contribution in [2.45, 2.75) is 19.9 Å². The summed E-state index contributed by atoms with van der Waals surface area (Å²) in [6.45, 7) is 3.85. The SMILES string of the molecule is Cc1csc(C(C)NC(=O)c2cccc(Br)n2)n1. The molecule has 0 aromatic carbocycles. The maximum atomic E-state index is 12.0. The molecule has 2 aromatic rings. The zero-order valence-electron chi connectivity index (χ0n) is 9.98. The van der Waals surface area contributed by atoms with Gasteiger partial charge in [-0.15, -0.1) is 11.3 Å². The second kappa shape index (κ2) is 5.58. The van der Waals surface area contributed by atoms with Gasteiger partial charge in [0.05, 0.1) is 6.04 Å². The van der Waals surface area contributed by atoms with E-state index < -0.39 is 0 Å². The van der Waals surface area contributed by atoms with E-state index in [2.05, 4.69) is 31.2 Å². The summed E-state index contributed by atoms with van der Waals surface area (Å²) in [6.07, 6.45) is 0. The first-order valence-corrected chi connectivity index (χ1v) is 7.09. The first kappa shape index (κ1) is 13.2. The number of hydrogen-bond acceptors (Lipinski definition) is 4. The van der Waals surface area contributed by atoms with Gasteiger partial charge in [-0.05, 0) is 41.9 Å². The molecule has 6 heteroatoms. The Bertz CT molecular complexity index is 570. The van der Waals surface area contributed by atoms with Crippen molar-refractivity contribution in [1.82, 2.24) is 15.3 Å². The van der Waals surface area contributed by atoms with Gasteiger partial charge >= 0.3 is 0 Å². The van der Waals surface area contributed by atoms with Crippen LogP contribution in [0.25, 0.3) is 0 Å². The summed E-state index contributed by atoms with van der Waals surface area (Å²) in [4.78, 5) is 20.4. The Kier molecular flexibility index (Phi) is 4.08. The summed E-state index contributed by atoms with van der Waals surface area (Å²) in [7, 11) is 0. The molecule has 1 N–H and O–H groups in total. The number of aryl methyl sites for hydroxylation is 1. The number of halogens is 1. The van der Waals surface area contributed by atoms with Crippen LogP contribution in [-0.4, -0.2) is 15.9 Å². The number of carbonyl (C=O) groups excluding carboxylic acids is 1. The highest BCUT2D eigenvalue weighted by molar-refractivity contribution is 9.10. The van der Waals surface area contributed by atoms with Crippen molar-refractivity contribution in [2.75, 3.05) is 0 Å². The summed E-state index contributed by atoms with van der Waals surface area (Å²) in [5.74, 6) is -0.198. The van der Waals surface area contributed by atoms with Crippen LogP contribution in [0, 0.1) is 6.92 Å². The number of amides is 1. The minimum atomic E-state index is -0.198. The number of pyridine rings is 1. The van der Waals surface area contributed by atoms with Crippen molar-refractivity contribution in [3.8, 4) is 0 Å². The molecule has 94 valence electrons. The molecule has 0 bridgehead atoms. The van der Waals surface area contributed by atoms with Gasteiger partial charge in [0.15, 0.2) is 0 Å². The van der Waals surface area contributed by atoms with Crippen molar-refractivity contribution < 1.29 is 4.79 Å².